The Morgan fingerprint density at radius 1 is 0.514 bits per heavy atom. The van der Waals surface area contributed by atoms with Crippen LogP contribution in [0.3, 0.4) is 0 Å². The molecule has 0 bridgehead atoms. The van der Waals surface area contributed by atoms with Crippen LogP contribution < -0.4 is 10.6 Å². The Bertz CT molecular complexity index is 1820. The highest BCUT2D eigenvalue weighted by atomic mass is 16.7. The number of carbonyl (C=O) groups excluding carboxylic acids is 2. The Balaban J connectivity index is 1.12. The number of carbonyl (C=O) groups is 2. The van der Waals surface area contributed by atoms with Crippen LogP contribution in [0.25, 0.3) is 0 Å². The number of phenolic OH excluding ortho intramolecular Hbond substituents is 2. The molecule has 0 atom stereocenters. The van der Waals surface area contributed by atoms with Gasteiger partial charge in [0.25, 0.3) is 0 Å². The Kier molecular flexibility index (Phi) is 19.5. The van der Waals surface area contributed by atoms with Crippen molar-refractivity contribution >= 4 is 12.2 Å². The first-order chi connectivity index (χ1) is 32.2. The van der Waals surface area contributed by atoms with Gasteiger partial charge >= 0.3 is 12.2 Å². The molecule has 0 radical (unpaired) electrons. The zero-order valence-corrected chi connectivity index (χ0v) is 46.9. The third-order valence-electron chi connectivity index (χ3n) is 14.5. The fourth-order valence-corrected chi connectivity index (χ4v) is 9.49. The van der Waals surface area contributed by atoms with Gasteiger partial charge in [-0.1, -0.05) is 162 Å². The van der Waals surface area contributed by atoms with E-state index in [4.69, 9.17) is 28.4 Å². The summed E-state index contributed by atoms with van der Waals surface area (Å²) in [5.41, 5.74) is 3.60. The third kappa shape index (κ3) is 16.0. The average Bonchev–Trinajstić information content (AvgIpc) is 3.25. The normalized spacial score (nSPS) is 21.9. The lowest BCUT2D eigenvalue weighted by atomic mass is 9.76. The average molecular weight is 981 g/mol. The summed E-state index contributed by atoms with van der Waals surface area (Å²) in [5, 5.41) is 28.2. The summed E-state index contributed by atoms with van der Waals surface area (Å²) in [4.78, 5) is 25.4. The van der Waals surface area contributed by atoms with Gasteiger partial charge in [-0.15, -0.1) is 0 Å². The first-order valence-corrected chi connectivity index (χ1v) is 26.2. The summed E-state index contributed by atoms with van der Waals surface area (Å²) in [6.45, 7) is 41.3. The van der Waals surface area contributed by atoms with Crippen LogP contribution in [0.1, 0.15) is 197 Å². The fourth-order valence-electron chi connectivity index (χ4n) is 9.49. The van der Waals surface area contributed by atoms with Gasteiger partial charge < -0.3 is 49.3 Å². The standard InChI is InChI=1S/C58H96N2O10/c1-19-57(33-65-47(66-34-57)55(15,16)31-39-27-41(51(3,4)5)45(61)42(28-39)52(6,7)8)37-69-49(63)59-25-23-21-22-24-26-60-50(64)70-38-58(20-2)35-67-48(68-36-58)56(17,18)32-40-29-43(53(9,10)11)46(62)44(30-40)54(12,13)14/h27-30,47-48,61-62H,19-26,31-38H2,1-18H3,(H,59,63)(H,60,64). The molecule has 12 nitrogen and oxygen atoms in total. The van der Waals surface area contributed by atoms with Crippen molar-refractivity contribution in [1.29, 1.82) is 0 Å². The Hall–Kier alpha value is -3.58. The number of alkyl carbamates (subject to hydrolysis) is 2. The van der Waals surface area contributed by atoms with E-state index in [0.717, 1.165) is 71.9 Å². The van der Waals surface area contributed by atoms with Gasteiger partial charge in [0.15, 0.2) is 12.6 Å². The number of benzene rings is 2. The maximum absolute atomic E-state index is 12.7. The lowest BCUT2D eigenvalue weighted by Gasteiger charge is -2.44. The molecule has 0 aromatic heterocycles. The van der Waals surface area contributed by atoms with E-state index >= 15 is 0 Å². The predicted molar refractivity (Wildman–Crippen MR) is 280 cm³/mol. The summed E-state index contributed by atoms with van der Waals surface area (Å²) >= 11 is 0. The molecule has 2 saturated heterocycles. The largest absolute Gasteiger partial charge is 0.507 e. The van der Waals surface area contributed by atoms with Crippen LogP contribution in [-0.2, 0) is 62.9 Å². The molecule has 2 aromatic carbocycles. The first-order valence-electron chi connectivity index (χ1n) is 26.2. The monoisotopic (exact) mass is 981 g/mol. The number of hydrogen-bond donors (Lipinski definition) is 4. The molecule has 2 heterocycles. The molecule has 0 spiro atoms. The zero-order valence-electron chi connectivity index (χ0n) is 46.9. The minimum atomic E-state index is -0.451. The summed E-state index contributed by atoms with van der Waals surface area (Å²) < 4.78 is 37.0. The second-order valence-electron chi connectivity index (χ2n) is 26.4. The lowest BCUT2D eigenvalue weighted by molar-refractivity contribution is -0.274. The van der Waals surface area contributed by atoms with Crippen molar-refractivity contribution in [2.45, 2.75) is 210 Å². The van der Waals surface area contributed by atoms with E-state index in [1.165, 1.54) is 0 Å². The van der Waals surface area contributed by atoms with Crippen molar-refractivity contribution in [2.24, 2.45) is 21.7 Å². The molecule has 4 rings (SSSR count). The van der Waals surface area contributed by atoms with Crippen molar-refractivity contribution in [3.63, 3.8) is 0 Å². The summed E-state index contributed by atoms with van der Waals surface area (Å²) in [6.07, 6.45) is 4.48. The highest BCUT2D eigenvalue weighted by molar-refractivity contribution is 5.67. The van der Waals surface area contributed by atoms with E-state index in [-0.39, 0.29) is 45.7 Å². The zero-order chi connectivity index (χ0) is 52.7. The number of ether oxygens (including phenoxy) is 6. The van der Waals surface area contributed by atoms with Crippen molar-refractivity contribution in [3.8, 4) is 11.5 Å². The number of hydrogen-bond acceptors (Lipinski definition) is 10. The van der Waals surface area contributed by atoms with Crippen LogP contribution in [-0.4, -0.2) is 87.7 Å². The molecule has 2 aliphatic rings. The van der Waals surface area contributed by atoms with Crippen molar-refractivity contribution < 1.29 is 48.2 Å². The number of rotatable bonds is 19. The van der Waals surface area contributed by atoms with E-state index in [1.807, 2.05) is 0 Å². The maximum atomic E-state index is 12.7. The molecule has 2 aromatic rings. The Labute approximate surface area is 423 Å². The highest BCUT2D eigenvalue weighted by Gasteiger charge is 2.44. The quantitative estimate of drug-likeness (QED) is 0.100. The van der Waals surface area contributed by atoms with Gasteiger partial charge in [-0.2, -0.15) is 0 Å². The molecule has 2 fully saturated rings. The highest BCUT2D eigenvalue weighted by Crippen LogP contribution is 2.45. The number of unbranched alkanes of at least 4 members (excludes halogenated alkanes) is 3. The van der Waals surface area contributed by atoms with Crippen molar-refractivity contribution in [3.05, 3.63) is 57.6 Å². The van der Waals surface area contributed by atoms with Crippen LogP contribution in [0.15, 0.2) is 24.3 Å². The summed E-state index contributed by atoms with van der Waals surface area (Å²) in [7, 11) is 0. The van der Waals surface area contributed by atoms with E-state index in [9.17, 15) is 19.8 Å². The van der Waals surface area contributed by atoms with Gasteiger partial charge in [-0.05, 0) is 93.6 Å². The van der Waals surface area contributed by atoms with E-state index in [2.05, 4.69) is 160 Å². The first kappa shape index (κ1) is 59.0. The molecule has 2 aliphatic heterocycles. The summed E-state index contributed by atoms with van der Waals surface area (Å²) in [6, 6.07) is 8.51. The van der Waals surface area contributed by atoms with E-state index < -0.39 is 35.6 Å². The molecule has 4 N–H and O–H groups in total. The second-order valence-corrected chi connectivity index (χ2v) is 26.4. The van der Waals surface area contributed by atoms with Gasteiger partial charge in [-0.25, -0.2) is 9.59 Å². The number of phenols is 2. The van der Waals surface area contributed by atoms with Gasteiger partial charge in [-0.3, -0.25) is 0 Å². The van der Waals surface area contributed by atoms with E-state index in [1.54, 1.807) is 0 Å². The molecule has 12 heteroatoms. The van der Waals surface area contributed by atoms with Crippen molar-refractivity contribution in [2.75, 3.05) is 52.7 Å². The molecule has 398 valence electrons. The predicted octanol–water partition coefficient (Wildman–Crippen LogP) is 12.7. The van der Waals surface area contributed by atoms with Crippen LogP contribution >= 0.6 is 0 Å². The number of aromatic hydroxyl groups is 2. The minimum absolute atomic E-state index is 0.198. The topological polar surface area (TPSA) is 154 Å². The van der Waals surface area contributed by atoms with Crippen LogP contribution in [0.5, 0.6) is 11.5 Å². The van der Waals surface area contributed by atoms with Crippen LogP contribution in [0.4, 0.5) is 9.59 Å². The van der Waals surface area contributed by atoms with Gasteiger partial charge in [0.2, 0.25) is 0 Å². The fraction of sp³-hybridized carbons (Fsp3) is 0.759. The summed E-state index contributed by atoms with van der Waals surface area (Å²) in [5.74, 6) is 0.750. The molecular weight excluding hydrogens is 885 g/mol. The van der Waals surface area contributed by atoms with Crippen LogP contribution in [0, 0.1) is 21.7 Å². The minimum Gasteiger partial charge on any atom is -0.507 e. The molecule has 70 heavy (non-hydrogen) atoms. The van der Waals surface area contributed by atoms with Gasteiger partial charge in [0.05, 0.1) is 37.3 Å². The Morgan fingerprint density at radius 2 is 0.786 bits per heavy atom. The smallest absolute Gasteiger partial charge is 0.407 e. The van der Waals surface area contributed by atoms with Gasteiger partial charge in [0.1, 0.15) is 24.7 Å². The lowest BCUT2D eigenvalue weighted by Crippen LogP contribution is -2.50. The molecule has 0 aliphatic carbocycles. The number of amides is 2. The maximum Gasteiger partial charge on any atom is 0.407 e. The van der Waals surface area contributed by atoms with Crippen LogP contribution in [0.2, 0.25) is 0 Å². The molecular formula is C58H96N2O10. The van der Waals surface area contributed by atoms with E-state index in [0.29, 0.717) is 63.9 Å². The van der Waals surface area contributed by atoms with Crippen molar-refractivity contribution in [1.82, 2.24) is 10.6 Å². The third-order valence-corrected chi connectivity index (χ3v) is 14.5. The number of nitrogens with one attached hydrogen (secondary N) is 2. The SMILES string of the molecule is CCC1(COC(=O)NCCCCCCNC(=O)OCC2(CC)COC(C(C)(C)Cc3cc(C(C)(C)C)c(O)c(C(C)(C)C)c3)OC2)COC(C(C)(C)Cc2cc(C(C)(C)C)c(O)c(C(C)(C)C)c2)OC1. The molecule has 0 saturated carbocycles. The molecule has 2 amide bonds. The van der Waals surface area contributed by atoms with Gasteiger partial charge in [0, 0.05) is 23.9 Å². The molecule has 0 unspecified atom stereocenters. The second kappa shape index (κ2) is 23.1. The Morgan fingerprint density at radius 3 is 1.03 bits per heavy atom.